The van der Waals surface area contributed by atoms with E-state index < -0.39 is 0 Å². The molecule has 0 amide bonds. The first-order valence-corrected chi connectivity index (χ1v) is 9.34. The van der Waals surface area contributed by atoms with Crippen molar-refractivity contribution in [3.8, 4) is 11.5 Å². The third-order valence-electron chi connectivity index (χ3n) is 4.16. The summed E-state index contributed by atoms with van der Waals surface area (Å²) in [6.07, 6.45) is 0.315. The maximum Gasteiger partial charge on any atom is 0.307 e. The molecule has 1 atom stereocenters. The number of aromatic nitrogens is 1. The highest BCUT2D eigenvalue weighted by atomic mass is 32.2. The van der Waals surface area contributed by atoms with E-state index in [1.165, 1.54) is 7.11 Å². The van der Waals surface area contributed by atoms with Crippen molar-refractivity contribution in [2.75, 3.05) is 12.9 Å². The summed E-state index contributed by atoms with van der Waals surface area (Å²) >= 11 is 1.65. The largest absolute Gasteiger partial charge is 0.469 e. The maximum absolute atomic E-state index is 11.4. The Morgan fingerprint density at radius 1 is 1.23 bits per heavy atom. The molecule has 0 fully saturated rings. The van der Waals surface area contributed by atoms with Gasteiger partial charge in [-0.05, 0) is 24.3 Å². The summed E-state index contributed by atoms with van der Waals surface area (Å²) in [7, 11) is 1.40. The van der Waals surface area contributed by atoms with Crippen LogP contribution in [0, 0.1) is 0 Å². The van der Waals surface area contributed by atoms with Crippen LogP contribution in [0.25, 0.3) is 10.9 Å². The van der Waals surface area contributed by atoms with Gasteiger partial charge in [-0.3, -0.25) is 9.79 Å². The zero-order valence-electron chi connectivity index (χ0n) is 14.3. The molecule has 2 heterocycles. The summed E-state index contributed by atoms with van der Waals surface area (Å²) in [6.45, 7) is 0. The van der Waals surface area contributed by atoms with Gasteiger partial charge in [0.05, 0.1) is 30.8 Å². The van der Waals surface area contributed by atoms with E-state index >= 15 is 0 Å². The van der Waals surface area contributed by atoms with Crippen LogP contribution in [0.3, 0.4) is 0 Å². The molecule has 3 aromatic rings. The van der Waals surface area contributed by atoms with E-state index in [-0.39, 0.29) is 12.0 Å². The fraction of sp³-hybridized carbons (Fsp3) is 0.200. The number of hydrogen-bond acceptors (Lipinski definition) is 5. The number of H-pyrrole nitrogens is 1. The Kier molecular flexibility index (Phi) is 4.67. The molecule has 1 unspecified atom stereocenters. The van der Waals surface area contributed by atoms with Crippen molar-refractivity contribution in [3.63, 3.8) is 0 Å². The maximum atomic E-state index is 11.4. The van der Waals surface area contributed by atoms with Crippen molar-refractivity contribution in [2.24, 2.45) is 4.99 Å². The van der Waals surface area contributed by atoms with Crippen LogP contribution in [-0.2, 0) is 9.53 Å². The van der Waals surface area contributed by atoms with Crippen LogP contribution in [0.4, 0.5) is 0 Å². The molecule has 1 aliphatic heterocycles. The number of ether oxygens (including phenoxy) is 2. The topological polar surface area (TPSA) is 63.7 Å². The summed E-state index contributed by atoms with van der Waals surface area (Å²) < 4.78 is 10.7. The Balaban J connectivity index is 1.61. The standard InChI is InChI=1S/C20H18N2O3S/c1-24-18(23)11-14-12-26-20(21-14)16-10-13-6-5-9-17(19(13)22-16)25-15-7-3-2-4-8-15/h2-10,14,22H,11-12H2,1H3. The second-order valence-electron chi connectivity index (χ2n) is 6.00. The van der Waals surface area contributed by atoms with E-state index in [9.17, 15) is 4.79 Å². The van der Waals surface area contributed by atoms with Gasteiger partial charge in [-0.25, -0.2) is 0 Å². The van der Waals surface area contributed by atoms with Gasteiger partial charge in [0.1, 0.15) is 10.8 Å². The van der Waals surface area contributed by atoms with Gasteiger partial charge in [0.25, 0.3) is 0 Å². The van der Waals surface area contributed by atoms with Gasteiger partial charge in [-0.1, -0.05) is 30.3 Å². The van der Waals surface area contributed by atoms with E-state index in [0.717, 1.165) is 38.9 Å². The average Bonchev–Trinajstić information content (AvgIpc) is 3.29. The van der Waals surface area contributed by atoms with E-state index in [4.69, 9.17) is 9.47 Å². The first kappa shape index (κ1) is 16.7. The van der Waals surface area contributed by atoms with Crippen LogP contribution in [-0.4, -0.2) is 34.9 Å². The summed E-state index contributed by atoms with van der Waals surface area (Å²) in [6, 6.07) is 17.7. The highest BCUT2D eigenvalue weighted by molar-refractivity contribution is 8.14. The SMILES string of the molecule is COC(=O)CC1CSC(c2cc3cccc(Oc4ccccc4)c3[nH]2)=N1. The molecule has 0 saturated heterocycles. The van der Waals surface area contributed by atoms with Crippen molar-refractivity contribution in [2.45, 2.75) is 12.5 Å². The number of fused-ring (bicyclic) bond motifs is 1. The first-order chi connectivity index (χ1) is 12.7. The van der Waals surface area contributed by atoms with Gasteiger partial charge < -0.3 is 14.5 Å². The van der Waals surface area contributed by atoms with Gasteiger partial charge in [-0.15, -0.1) is 11.8 Å². The van der Waals surface area contributed by atoms with Gasteiger partial charge in [-0.2, -0.15) is 0 Å². The number of hydrogen-bond donors (Lipinski definition) is 1. The Labute approximate surface area is 155 Å². The molecule has 26 heavy (non-hydrogen) atoms. The predicted octanol–water partition coefficient (Wildman–Crippen LogP) is 4.39. The Bertz CT molecular complexity index is 966. The Morgan fingerprint density at radius 2 is 2.08 bits per heavy atom. The minimum atomic E-state index is -0.226. The molecule has 1 aromatic heterocycles. The molecule has 0 bridgehead atoms. The molecular formula is C20H18N2O3S. The lowest BCUT2D eigenvalue weighted by atomic mass is 10.2. The number of esters is 1. The van der Waals surface area contributed by atoms with Crippen LogP contribution in [0.1, 0.15) is 12.1 Å². The summed E-state index contributed by atoms with van der Waals surface area (Å²) in [5.41, 5.74) is 1.88. The molecule has 0 saturated carbocycles. The molecule has 0 radical (unpaired) electrons. The molecule has 2 aromatic carbocycles. The average molecular weight is 366 g/mol. The molecule has 1 aliphatic rings. The lowest BCUT2D eigenvalue weighted by Gasteiger charge is -2.06. The van der Waals surface area contributed by atoms with Crippen molar-refractivity contribution >= 4 is 33.7 Å². The molecule has 0 aliphatic carbocycles. The summed E-state index contributed by atoms with van der Waals surface area (Å²) in [5, 5.41) is 1.98. The van der Waals surface area contributed by atoms with Gasteiger partial charge >= 0.3 is 5.97 Å². The number of rotatable bonds is 5. The number of benzene rings is 2. The smallest absolute Gasteiger partial charge is 0.307 e. The lowest BCUT2D eigenvalue weighted by Crippen LogP contribution is -2.12. The van der Waals surface area contributed by atoms with Crippen LogP contribution in [0.5, 0.6) is 11.5 Å². The molecular weight excluding hydrogens is 348 g/mol. The predicted molar refractivity (Wildman–Crippen MR) is 104 cm³/mol. The van der Waals surface area contributed by atoms with Gasteiger partial charge in [0.2, 0.25) is 0 Å². The van der Waals surface area contributed by atoms with E-state index in [0.29, 0.717) is 6.42 Å². The van der Waals surface area contributed by atoms with Crippen LogP contribution in [0.2, 0.25) is 0 Å². The molecule has 4 rings (SSSR count). The number of para-hydroxylation sites is 2. The van der Waals surface area contributed by atoms with Crippen molar-refractivity contribution < 1.29 is 14.3 Å². The van der Waals surface area contributed by atoms with Gasteiger partial charge in [0, 0.05) is 11.1 Å². The summed E-state index contributed by atoms with van der Waals surface area (Å²) in [5.74, 6) is 2.13. The normalized spacial score (nSPS) is 16.5. The van der Waals surface area contributed by atoms with Crippen LogP contribution >= 0.6 is 11.8 Å². The van der Waals surface area contributed by atoms with Gasteiger partial charge in [0.15, 0.2) is 5.75 Å². The highest BCUT2D eigenvalue weighted by Gasteiger charge is 2.23. The number of methoxy groups -OCH3 is 1. The minimum absolute atomic E-state index is 0.0334. The Morgan fingerprint density at radius 3 is 2.88 bits per heavy atom. The molecule has 5 nitrogen and oxygen atoms in total. The third kappa shape index (κ3) is 3.46. The van der Waals surface area contributed by atoms with Crippen molar-refractivity contribution in [3.05, 3.63) is 60.3 Å². The minimum Gasteiger partial charge on any atom is -0.469 e. The zero-order valence-corrected chi connectivity index (χ0v) is 15.1. The third-order valence-corrected chi connectivity index (χ3v) is 5.31. The number of thioether (sulfide) groups is 1. The lowest BCUT2D eigenvalue weighted by molar-refractivity contribution is -0.140. The molecule has 6 heteroatoms. The monoisotopic (exact) mass is 366 g/mol. The molecule has 132 valence electrons. The molecule has 0 spiro atoms. The highest BCUT2D eigenvalue weighted by Crippen LogP contribution is 2.32. The van der Waals surface area contributed by atoms with Crippen molar-refractivity contribution in [1.29, 1.82) is 0 Å². The zero-order chi connectivity index (χ0) is 17.9. The number of nitrogens with one attached hydrogen (secondary N) is 1. The number of carbonyl (C=O) groups excluding carboxylic acids is 1. The van der Waals surface area contributed by atoms with E-state index in [2.05, 4.69) is 16.0 Å². The van der Waals surface area contributed by atoms with E-state index in [1.54, 1.807) is 11.8 Å². The molecule has 1 N–H and O–H groups in total. The number of aromatic amines is 1. The number of carbonyl (C=O) groups is 1. The first-order valence-electron chi connectivity index (χ1n) is 8.35. The summed E-state index contributed by atoms with van der Waals surface area (Å²) in [4.78, 5) is 19.5. The quantitative estimate of drug-likeness (QED) is 0.681. The fourth-order valence-electron chi connectivity index (χ4n) is 2.89. The van der Waals surface area contributed by atoms with E-state index in [1.807, 2.05) is 48.5 Å². The van der Waals surface area contributed by atoms with Crippen molar-refractivity contribution in [1.82, 2.24) is 4.98 Å². The number of aliphatic imine (C=N–C) groups is 1. The number of nitrogens with zero attached hydrogens (tertiary/aromatic N) is 1. The fourth-order valence-corrected chi connectivity index (χ4v) is 3.92. The van der Waals surface area contributed by atoms with Crippen LogP contribution in [0.15, 0.2) is 59.6 Å². The second kappa shape index (κ2) is 7.25. The van der Waals surface area contributed by atoms with Crippen LogP contribution < -0.4 is 4.74 Å². The second-order valence-corrected chi connectivity index (χ2v) is 7.01. The Hall–Kier alpha value is -2.73.